The maximum absolute atomic E-state index is 13.0. The number of pyridine rings is 1. The highest BCUT2D eigenvalue weighted by Gasteiger charge is 2.37. The van der Waals surface area contributed by atoms with Crippen molar-refractivity contribution < 1.29 is 4.92 Å². The van der Waals surface area contributed by atoms with Crippen LogP contribution in [0.4, 0.5) is 17.1 Å². The summed E-state index contributed by atoms with van der Waals surface area (Å²) in [6.07, 6.45) is 3.24. The fourth-order valence-corrected chi connectivity index (χ4v) is 2.53. The smallest absolute Gasteiger partial charge is 0.333 e. The van der Waals surface area contributed by atoms with Crippen molar-refractivity contribution in [1.29, 1.82) is 0 Å². The SMILES string of the molecule is O=[N+]([O-])c1ccncc1[N+]1([O-])CCc2ccccc21. The number of nitro groups is 1. The molecular formula is C13H11N3O3. The molecule has 0 bridgehead atoms. The predicted octanol–water partition coefficient (Wildman–Crippen LogP) is 2.68. The molecule has 0 aliphatic carbocycles. The van der Waals surface area contributed by atoms with E-state index in [1.165, 1.54) is 18.5 Å². The molecule has 0 amide bonds. The minimum atomic E-state index is -0.805. The Hall–Kier alpha value is -2.31. The van der Waals surface area contributed by atoms with Gasteiger partial charge >= 0.3 is 5.69 Å². The van der Waals surface area contributed by atoms with Gasteiger partial charge < -0.3 is 5.21 Å². The topological polar surface area (TPSA) is 79.1 Å². The Kier molecular flexibility index (Phi) is 2.55. The molecule has 0 saturated carbocycles. The summed E-state index contributed by atoms with van der Waals surface area (Å²) in [6, 6.07) is 8.53. The van der Waals surface area contributed by atoms with Gasteiger partial charge in [0, 0.05) is 30.3 Å². The fraction of sp³-hybridized carbons (Fsp3) is 0.154. The van der Waals surface area contributed by atoms with Gasteiger partial charge in [-0.2, -0.15) is 0 Å². The molecule has 19 heavy (non-hydrogen) atoms. The first-order chi connectivity index (χ1) is 9.13. The van der Waals surface area contributed by atoms with E-state index in [-0.39, 0.29) is 17.9 Å². The summed E-state index contributed by atoms with van der Waals surface area (Å²) in [4.78, 5) is 14.4. The minimum Gasteiger partial charge on any atom is -0.622 e. The highest BCUT2D eigenvalue weighted by Crippen LogP contribution is 2.44. The van der Waals surface area contributed by atoms with Crippen LogP contribution in [0.15, 0.2) is 42.7 Å². The maximum Gasteiger partial charge on any atom is 0.333 e. The van der Waals surface area contributed by atoms with E-state index in [1.807, 2.05) is 12.1 Å². The van der Waals surface area contributed by atoms with Gasteiger partial charge in [0.25, 0.3) is 0 Å². The molecule has 0 fully saturated rings. The zero-order valence-electron chi connectivity index (χ0n) is 10.0. The molecule has 1 unspecified atom stereocenters. The Labute approximate surface area is 109 Å². The average molecular weight is 257 g/mol. The summed E-state index contributed by atoms with van der Waals surface area (Å²) in [6.45, 7) is 0.270. The largest absolute Gasteiger partial charge is 0.622 e. The zero-order chi connectivity index (χ0) is 13.5. The van der Waals surface area contributed by atoms with Crippen LogP contribution in [-0.4, -0.2) is 16.5 Å². The van der Waals surface area contributed by atoms with Crippen LogP contribution in [0.3, 0.4) is 0 Å². The lowest BCUT2D eigenvalue weighted by molar-refractivity contribution is -0.384. The Balaban J connectivity index is 2.21. The third-order valence-electron chi connectivity index (χ3n) is 3.44. The maximum atomic E-state index is 13.0. The van der Waals surface area contributed by atoms with Gasteiger partial charge in [0.15, 0.2) is 0 Å². The molecule has 6 heteroatoms. The normalized spacial score (nSPS) is 21.1. The lowest BCUT2D eigenvalue weighted by atomic mass is 10.2. The van der Waals surface area contributed by atoms with Crippen LogP contribution < -0.4 is 4.65 Å². The molecular weight excluding hydrogens is 246 g/mol. The number of hydroxylamine groups is 1. The van der Waals surface area contributed by atoms with E-state index in [9.17, 15) is 15.3 Å². The van der Waals surface area contributed by atoms with Crippen molar-refractivity contribution in [2.24, 2.45) is 0 Å². The van der Waals surface area contributed by atoms with Gasteiger partial charge in [0.05, 0.1) is 17.7 Å². The summed E-state index contributed by atoms with van der Waals surface area (Å²) < 4.78 is -0.805. The molecule has 3 rings (SSSR count). The van der Waals surface area contributed by atoms with Crippen molar-refractivity contribution >= 4 is 17.1 Å². The first-order valence-corrected chi connectivity index (χ1v) is 5.89. The van der Waals surface area contributed by atoms with Gasteiger partial charge in [-0.1, -0.05) is 18.2 Å². The molecule has 1 atom stereocenters. The van der Waals surface area contributed by atoms with Crippen molar-refractivity contribution in [2.45, 2.75) is 6.42 Å². The van der Waals surface area contributed by atoms with Crippen LogP contribution in [0.2, 0.25) is 0 Å². The number of para-hydroxylation sites is 1. The van der Waals surface area contributed by atoms with Crippen LogP contribution >= 0.6 is 0 Å². The molecule has 0 saturated heterocycles. The predicted molar refractivity (Wildman–Crippen MR) is 70.7 cm³/mol. The molecule has 0 spiro atoms. The van der Waals surface area contributed by atoms with Crippen LogP contribution in [0.5, 0.6) is 0 Å². The van der Waals surface area contributed by atoms with Crippen molar-refractivity contribution in [2.75, 3.05) is 6.54 Å². The number of fused-ring (bicyclic) bond motifs is 1. The number of nitrogens with zero attached hydrogens (tertiary/aromatic N) is 3. The Morgan fingerprint density at radius 3 is 2.79 bits per heavy atom. The van der Waals surface area contributed by atoms with E-state index in [0.717, 1.165) is 5.56 Å². The molecule has 1 aliphatic rings. The van der Waals surface area contributed by atoms with Crippen LogP contribution in [0, 0.1) is 15.3 Å². The number of rotatable bonds is 2. The third kappa shape index (κ3) is 1.69. The molecule has 0 N–H and O–H groups in total. The number of quaternary nitrogens is 1. The van der Waals surface area contributed by atoms with E-state index in [2.05, 4.69) is 4.98 Å². The molecule has 6 nitrogen and oxygen atoms in total. The average Bonchev–Trinajstić information content (AvgIpc) is 2.78. The second-order valence-corrected chi connectivity index (χ2v) is 4.46. The summed E-state index contributed by atoms with van der Waals surface area (Å²) in [5.41, 5.74) is 1.42. The van der Waals surface area contributed by atoms with Crippen molar-refractivity contribution in [3.8, 4) is 0 Å². The standard InChI is InChI=1S/C13H11N3O3/c17-15(18)11-5-7-14-9-13(11)16(19)8-6-10-3-1-2-4-12(10)16/h1-5,7,9H,6,8H2. The lowest BCUT2D eigenvalue weighted by Crippen LogP contribution is -2.35. The van der Waals surface area contributed by atoms with Crippen LogP contribution in [0.1, 0.15) is 5.56 Å². The van der Waals surface area contributed by atoms with E-state index < -0.39 is 9.57 Å². The van der Waals surface area contributed by atoms with Crippen molar-refractivity contribution in [3.63, 3.8) is 0 Å². The lowest BCUT2D eigenvalue weighted by Gasteiger charge is -2.36. The van der Waals surface area contributed by atoms with Crippen molar-refractivity contribution in [1.82, 2.24) is 9.63 Å². The Morgan fingerprint density at radius 1 is 1.21 bits per heavy atom. The monoisotopic (exact) mass is 257 g/mol. The molecule has 96 valence electrons. The number of hydrogen-bond donors (Lipinski definition) is 0. The summed E-state index contributed by atoms with van der Waals surface area (Å²) in [7, 11) is 0. The summed E-state index contributed by atoms with van der Waals surface area (Å²) in [5, 5.41) is 24.1. The van der Waals surface area contributed by atoms with Gasteiger partial charge in [-0.25, -0.2) is 0 Å². The molecule has 1 aromatic carbocycles. The van der Waals surface area contributed by atoms with Gasteiger partial charge in [0.2, 0.25) is 5.69 Å². The highest BCUT2D eigenvalue weighted by atomic mass is 16.6. The van der Waals surface area contributed by atoms with Crippen LogP contribution in [0.25, 0.3) is 0 Å². The van der Waals surface area contributed by atoms with Gasteiger partial charge in [-0.15, -0.1) is 0 Å². The van der Waals surface area contributed by atoms with Gasteiger partial charge in [0.1, 0.15) is 5.69 Å². The summed E-state index contributed by atoms with van der Waals surface area (Å²) in [5.74, 6) is 0. The van der Waals surface area contributed by atoms with E-state index in [4.69, 9.17) is 0 Å². The second-order valence-electron chi connectivity index (χ2n) is 4.46. The molecule has 2 aromatic rings. The third-order valence-corrected chi connectivity index (χ3v) is 3.44. The van der Waals surface area contributed by atoms with E-state index in [0.29, 0.717) is 12.1 Å². The first kappa shape index (κ1) is 11.8. The first-order valence-electron chi connectivity index (χ1n) is 5.89. The van der Waals surface area contributed by atoms with Crippen LogP contribution in [-0.2, 0) is 6.42 Å². The highest BCUT2D eigenvalue weighted by molar-refractivity contribution is 5.71. The molecule has 1 aliphatic heterocycles. The quantitative estimate of drug-likeness (QED) is 0.358. The van der Waals surface area contributed by atoms with Gasteiger partial charge in [-0.05, 0) is 0 Å². The Bertz CT molecular complexity index is 659. The molecule has 1 aromatic heterocycles. The number of benzene rings is 1. The second kappa shape index (κ2) is 4.11. The van der Waals surface area contributed by atoms with Crippen molar-refractivity contribution in [3.05, 3.63) is 63.6 Å². The molecule has 0 radical (unpaired) electrons. The Morgan fingerprint density at radius 2 is 2.00 bits per heavy atom. The molecule has 2 heterocycles. The zero-order valence-corrected chi connectivity index (χ0v) is 10.0. The number of aromatic nitrogens is 1. The minimum absolute atomic E-state index is 0.0949. The van der Waals surface area contributed by atoms with E-state index in [1.54, 1.807) is 12.1 Å². The van der Waals surface area contributed by atoms with E-state index >= 15 is 0 Å². The summed E-state index contributed by atoms with van der Waals surface area (Å²) >= 11 is 0. The fourth-order valence-electron chi connectivity index (χ4n) is 2.53. The number of hydrogen-bond acceptors (Lipinski definition) is 4. The van der Waals surface area contributed by atoms with Gasteiger partial charge in [-0.3, -0.25) is 19.7 Å².